The molecule has 5 nitrogen and oxygen atoms in total. The molecule has 0 radical (unpaired) electrons. The van der Waals surface area contributed by atoms with Crippen molar-refractivity contribution in [3.63, 3.8) is 0 Å². The van der Waals surface area contributed by atoms with Crippen molar-refractivity contribution in [2.45, 2.75) is 19.8 Å². The number of pyridine rings is 1. The lowest BCUT2D eigenvalue weighted by molar-refractivity contribution is 0.0951. The second-order valence-corrected chi connectivity index (χ2v) is 6.74. The van der Waals surface area contributed by atoms with Crippen LogP contribution in [0.3, 0.4) is 0 Å². The number of ketones is 1. The van der Waals surface area contributed by atoms with E-state index in [2.05, 4.69) is 10.3 Å². The van der Waals surface area contributed by atoms with Gasteiger partial charge >= 0.3 is 0 Å². The minimum atomic E-state index is -0.154. The number of amides is 1. The number of Topliss-reactive ketones (excluding diaryl/α,β-unsaturated/α-hetero) is 1. The van der Waals surface area contributed by atoms with Gasteiger partial charge in [0.05, 0.1) is 18.4 Å². The van der Waals surface area contributed by atoms with Crippen molar-refractivity contribution >= 4 is 11.7 Å². The Hall–Kier alpha value is -3.47. The maximum absolute atomic E-state index is 12.3. The number of benzene rings is 2. The van der Waals surface area contributed by atoms with E-state index in [1.165, 1.54) is 12.5 Å². The van der Waals surface area contributed by atoms with Crippen molar-refractivity contribution in [2.24, 2.45) is 0 Å². The van der Waals surface area contributed by atoms with Gasteiger partial charge in [0.1, 0.15) is 5.75 Å². The number of aromatic nitrogens is 1. The lowest BCUT2D eigenvalue weighted by atomic mass is 10.0. The van der Waals surface area contributed by atoms with E-state index in [9.17, 15) is 9.59 Å². The first-order valence-electron chi connectivity index (χ1n) is 9.56. The summed E-state index contributed by atoms with van der Waals surface area (Å²) in [5.74, 6) is 0.670. The molecule has 1 aromatic heterocycles. The number of rotatable bonds is 8. The third-order valence-corrected chi connectivity index (χ3v) is 4.69. The van der Waals surface area contributed by atoms with Gasteiger partial charge in [-0.2, -0.15) is 0 Å². The van der Waals surface area contributed by atoms with Gasteiger partial charge in [-0.15, -0.1) is 0 Å². The van der Waals surface area contributed by atoms with E-state index in [-0.39, 0.29) is 11.7 Å². The molecular weight excluding hydrogens is 364 g/mol. The third-order valence-electron chi connectivity index (χ3n) is 4.69. The second-order valence-electron chi connectivity index (χ2n) is 6.74. The average molecular weight is 388 g/mol. The minimum absolute atomic E-state index is 0.0129. The Morgan fingerprint density at radius 1 is 1.00 bits per heavy atom. The van der Waals surface area contributed by atoms with Crippen LogP contribution in [0.4, 0.5) is 0 Å². The highest BCUT2D eigenvalue weighted by Crippen LogP contribution is 2.22. The molecule has 0 aliphatic heterocycles. The molecule has 1 amide bonds. The van der Waals surface area contributed by atoms with Crippen LogP contribution >= 0.6 is 0 Å². The zero-order valence-corrected chi connectivity index (χ0v) is 16.6. The zero-order valence-electron chi connectivity index (χ0n) is 16.6. The van der Waals surface area contributed by atoms with Gasteiger partial charge in [0.15, 0.2) is 5.78 Å². The van der Waals surface area contributed by atoms with Gasteiger partial charge in [-0.25, -0.2) is 0 Å². The molecule has 0 spiro atoms. The van der Waals surface area contributed by atoms with Crippen molar-refractivity contribution in [3.05, 3.63) is 83.6 Å². The molecule has 1 heterocycles. The standard InChI is InChI=1S/C24H24N2O3/c1-17(27)21-7-3-4-8-22(21)23-14-11-19(16-26-23)24(28)25-15-5-6-18-9-12-20(29-2)13-10-18/h3-4,7-14,16H,5-6,15H2,1-2H3,(H,25,28). The van der Waals surface area contributed by atoms with Crippen LogP contribution in [0, 0.1) is 0 Å². The molecule has 5 heteroatoms. The van der Waals surface area contributed by atoms with E-state index in [4.69, 9.17) is 4.74 Å². The fourth-order valence-electron chi connectivity index (χ4n) is 3.09. The average Bonchev–Trinajstić information content (AvgIpc) is 2.77. The summed E-state index contributed by atoms with van der Waals surface area (Å²) in [7, 11) is 1.65. The first-order chi connectivity index (χ1) is 14.1. The summed E-state index contributed by atoms with van der Waals surface area (Å²) < 4.78 is 5.15. The monoisotopic (exact) mass is 388 g/mol. The second kappa shape index (κ2) is 9.64. The Bertz CT molecular complexity index is 980. The lowest BCUT2D eigenvalue weighted by Crippen LogP contribution is -2.24. The van der Waals surface area contributed by atoms with Crippen molar-refractivity contribution < 1.29 is 14.3 Å². The summed E-state index contributed by atoms with van der Waals surface area (Å²) in [4.78, 5) is 28.5. The molecule has 148 valence electrons. The topological polar surface area (TPSA) is 68.3 Å². The number of ether oxygens (including phenoxy) is 1. The fourth-order valence-corrected chi connectivity index (χ4v) is 3.09. The number of hydrogen-bond donors (Lipinski definition) is 1. The molecule has 0 fully saturated rings. The summed E-state index contributed by atoms with van der Waals surface area (Å²) in [6.07, 6.45) is 3.27. The van der Waals surface area contributed by atoms with E-state index in [0.717, 1.165) is 24.2 Å². The van der Waals surface area contributed by atoms with Gasteiger partial charge in [-0.1, -0.05) is 36.4 Å². The largest absolute Gasteiger partial charge is 0.497 e. The van der Waals surface area contributed by atoms with Crippen LogP contribution in [0.15, 0.2) is 66.9 Å². The molecule has 0 saturated heterocycles. The summed E-state index contributed by atoms with van der Waals surface area (Å²) in [6.45, 7) is 2.12. The molecule has 0 bridgehead atoms. The molecule has 0 aliphatic carbocycles. The highest BCUT2D eigenvalue weighted by atomic mass is 16.5. The minimum Gasteiger partial charge on any atom is -0.497 e. The number of carbonyl (C=O) groups excluding carboxylic acids is 2. The van der Waals surface area contributed by atoms with Crippen LogP contribution in [0.2, 0.25) is 0 Å². The Balaban J connectivity index is 1.54. The molecule has 1 N–H and O–H groups in total. The van der Waals surface area contributed by atoms with Crippen molar-refractivity contribution in [3.8, 4) is 17.0 Å². The molecule has 29 heavy (non-hydrogen) atoms. The normalized spacial score (nSPS) is 10.4. The van der Waals surface area contributed by atoms with Crippen molar-refractivity contribution in [2.75, 3.05) is 13.7 Å². The number of carbonyl (C=O) groups is 2. The van der Waals surface area contributed by atoms with Gasteiger partial charge in [-0.3, -0.25) is 14.6 Å². The molecule has 0 aliphatic rings. The van der Waals surface area contributed by atoms with Crippen molar-refractivity contribution in [1.82, 2.24) is 10.3 Å². The molecule has 0 saturated carbocycles. The van der Waals surface area contributed by atoms with Gasteiger partial charge in [0.2, 0.25) is 0 Å². The molecule has 3 aromatic rings. The summed E-state index contributed by atoms with van der Waals surface area (Å²) in [6, 6.07) is 18.8. The van der Waals surface area contributed by atoms with Crippen LogP contribution in [0.1, 0.15) is 39.6 Å². The molecule has 0 atom stereocenters. The number of nitrogens with zero attached hydrogens (tertiary/aromatic N) is 1. The van der Waals surface area contributed by atoms with Gasteiger partial charge in [0.25, 0.3) is 5.91 Å². The maximum Gasteiger partial charge on any atom is 0.252 e. The smallest absolute Gasteiger partial charge is 0.252 e. The summed E-state index contributed by atoms with van der Waals surface area (Å²) >= 11 is 0. The molecular formula is C24H24N2O3. The Labute approximate surface area is 170 Å². The maximum atomic E-state index is 12.3. The Kier molecular flexibility index (Phi) is 6.74. The molecule has 2 aromatic carbocycles. The summed E-state index contributed by atoms with van der Waals surface area (Å²) in [5.41, 5.74) is 3.77. The van der Waals surface area contributed by atoms with Gasteiger partial charge in [0, 0.05) is 23.9 Å². The first-order valence-corrected chi connectivity index (χ1v) is 9.56. The van der Waals surface area contributed by atoms with Crippen LogP contribution < -0.4 is 10.1 Å². The molecule has 3 rings (SSSR count). The highest BCUT2D eigenvalue weighted by Gasteiger charge is 2.11. The number of nitrogens with one attached hydrogen (secondary N) is 1. The Morgan fingerprint density at radius 3 is 2.41 bits per heavy atom. The van der Waals surface area contributed by atoms with E-state index in [1.54, 1.807) is 31.5 Å². The lowest BCUT2D eigenvalue weighted by Gasteiger charge is -2.08. The highest BCUT2D eigenvalue weighted by molar-refractivity contribution is 6.00. The number of hydrogen-bond acceptors (Lipinski definition) is 4. The first kappa shape index (κ1) is 20.3. The summed E-state index contributed by atoms with van der Waals surface area (Å²) in [5, 5.41) is 2.92. The molecule has 0 unspecified atom stereocenters. The van der Waals surface area contributed by atoms with Crippen LogP contribution in [0.25, 0.3) is 11.3 Å². The van der Waals surface area contributed by atoms with E-state index < -0.39 is 0 Å². The van der Waals surface area contributed by atoms with Gasteiger partial charge in [-0.05, 0) is 49.6 Å². The van der Waals surface area contributed by atoms with E-state index in [0.29, 0.717) is 23.4 Å². The number of methoxy groups -OCH3 is 1. The zero-order chi connectivity index (χ0) is 20.6. The van der Waals surface area contributed by atoms with Crippen LogP contribution in [0.5, 0.6) is 5.75 Å². The van der Waals surface area contributed by atoms with Crippen LogP contribution in [-0.4, -0.2) is 30.3 Å². The fraction of sp³-hybridized carbons (Fsp3) is 0.208. The van der Waals surface area contributed by atoms with E-state index in [1.807, 2.05) is 42.5 Å². The quantitative estimate of drug-likeness (QED) is 0.461. The third kappa shape index (κ3) is 5.29. The van der Waals surface area contributed by atoms with Crippen molar-refractivity contribution in [1.29, 1.82) is 0 Å². The number of aryl methyl sites for hydroxylation is 1. The van der Waals surface area contributed by atoms with Crippen LogP contribution in [-0.2, 0) is 6.42 Å². The van der Waals surface area contributed by atoms with Gasteiger partial charge < -0.3 is 10.1 Å². The predicted octanol–water partition coefficient (Wildman–Crippen LogP) is 4.32. The SMILES string of the molecule is COc1ccc(CCCNC(=O)c2ccc(-c3ccccc3C(C)=O)nc2)cc1. The predicted molar refractivity (Wildman–Crippen MR) is 113 cm³/mol. The Morgan fingerprint density at radius 2 is 1.76 bits per heavy atom. The van der Waals surface area contributed by atoms with E-state index >= 15 is 0 Å².